The van der Waals surface area contributed by atoms with Crippen LogP contribution in [0, 0.1) is 0 Å². The molecule has 1 N–H and O–H groups in total. The molecule has 1 unspecified atom stereocenters. The number of nitrogens with zero attached hydrogens (tertiary/aromatic N) is 1. The highest BCUT2D eigenvalue weighted by Crippen LogP contribution is 2.31. The Morgan fingerprint density at radius 1 is 1.48 bits per heavy atom. The van der Waals surface area contributed by atoms with Gasteiger partial charge in [0.2, 0.25) is 0 Å². The second kappa shape index (κ2) is 8.37. The number of carbonyl (C=O) groups is 1. The van der Waals surface area contributed by atoms with Gasteiger partial charge in [0.05, 0.1) is 0 Å². The lowest BCUT2D eigenvalue weighted by Gasteiger charge is -2.27. The number of likely N-dealkylation sites (tertiary alicyclic amines) is 1. The van der Waals surface area contributed by atoms with E-state index in [1.54, 1.807) is 11.8 Å². The fraction of sp³-hybridized carbons (Fsp3) is 0.471. The molecule has 0 aliphatic carbocycles. The Kier molecular flexibility index (Phi) is 6.49. The molecule has 1 aromatic carbocycles. The maximum Gasteiger partial charge on any atom is 0.164 e. The molecule has 0 aromatic heterocycles. The summed E-state index contributed by atoms with van der Waals surface area (Å²) in [5.74, 6) is 1.02. The first-order valence-electron chi connectivity index (χ1n) is 7.47. The van der Waals surface area contributed by atoms with Crippen LogP contribution >= 0.6 is 11.8 Å². The van der Waals surface area contributed by atoms with E-state index in [0.29, 0.717) is 6.29 Å². The summed E-state index contributed by atoms with van der Waals surface area (Å²) in [6.07, 6.45) is 3.79. The summed E-state index contributed by atoms with van der Waals surface area (Å²) in [4.78, 5) is 13.7. The van der Waals surface area contributed by atoms with E-state index in [2.05, 4.69) is 30.8 Å². The topological polar surface area (TPSA) is 40.5 Å². The number of aliphatic hydroxyl groups excluding tert-OH is 1. The van der Waals surface area contributed by atoms with Crippen molar-refractivity contribution in [2.45, 2.75) is 38.0 Å². The zero-order valence-corrected chi connectivity index (χ0v) is 13.1. The number of rotatable bonds is 8. The molecule has 0 radical (unpaired) electrons. The Bertz CT molecular complexity index is 463. The average molecular weight is 305 g/mol. The molecule has 4 heteroatoms. The smallest absolute Gasteiger partial charge is 0.164 e. The van der Waals surface area contributed by atoms with E-state index >= 15 is 0 Å². The van der Waals surface area contributed by atoms with Gasteiger partial charge >= 0.3 is 0 Å². The van der Waals surface area contributed by atoms with E-state index in [1.165, 1.54) is 5.56 Å². The van der Waals surface area contributed by atoms with E-state index in [4.69, 9.17) is 0 Å². The van der Waals surface area contributed by atoms with Gasteiger partial charge in [-0.25, -0.2) is 0 Å². The zero-order chi connectivity index (χ0) is 15.1. The molecule has 114 valence electrons. The van der Waals surface area contributed by atoms with Gasteiger partial charge in [-0.1, -0.05) is 36.9 Å². The van der Waals surface area contributed by atoms with Crippen LogP contribution in [0.3, 0.4) is 0 Å². The Morgan fingerprint density at radius 3 is 2.95 bits per heavy atom. The number of carbonyl (C=O) groups excluding carboxylic acids is 1. The molecule has 0 bridgehead atoms. The number of benzene rings is 1. The molecule has 3 nitrogen and oxygen atoms in total. The van der Waals surface area contributed by atoms with Crippen LogP contribution in [0.5, 0.6) is 0 Å². The van der Waals surface area contributed by atoms with Crippen LogP contribution in [0.2, 0.25) is 0 Å². The third-order valence-electron chi connectivity index (χ3n) is 3.87. The average Bonchev–Trinajstić information content (AvgIpc) is 3.01. The lowest BCUT2D eigenvalue weighted by molar-refractivity contribution is -0.124. The van der Waals surface area contributed by atoms with Gasteiger partial charge in [-0.3, -0.25) is 9.69 Å². The van der Waals surface area contributed by atoms with Crippen molar-refractivity contribution in [1.82, 2.24) is 4.90 Å². The molecule has 1 saturated heterocycles. The predicted molar refractivity (Wildman–Crippen MR) is 88.2 cm³/mol. The van der Waals surface area contributed by atoms with Crippen LogP contribution in [0.25, 0.3) is 0 Å². The first-order chi connectivity index (χ1) is 10.2. The van der Waals surface area contributed by atoms with Gasteiger partial charge in [-0.05, 0) is 41.9 Å². The first kappa shape index (κ1) is 16.3. The fourth-order valence-corrected chi connectivity index (χ4v) is 3.75. The Morgan fingerprint density at radius 2 is 2.24 bits per heavy atom. The third-order valence-corrected chi connectivity index (χ3v) is 5.00. The van der Waals surface area contributed by atoms with Gasteiger partial charge in [-0.2, -0.15) is 0 Å². The van der Waals surface area contributed by atoms with Gasteiger partial charge in [-0.15, -0.1) is 11.8 Å². The highest BCUT2D eigenvalue weighted by atomic mass is 32.2. The van der Waals surface area contributed by atoms with E-state index in [0.717, 1.165) is 42.9 Å². The Balaban J connectivity index is 1.73. The SMILES string of the molecule is C=C(SCCCc1ccccc1)[C@@H]1CCCN1C(O)C=O. The molecule has 1 heterocycles. The highest BCUT2D eigenvalue weighted by Gasteiger charge is 2.31. The van der Waals surface area contributed by atoms with Crippen molar-refractivity contribution >= 4 is 18.0 Å². The maximum atomic E-state index is 10.7. The summed E-state index contributed by atoms with van der Waals surface area (Å²) >= 11 is 1.76. The molecule has 2 atom stereocenters. The minimum Gasteiger partial charge on any atom is -0.371 e. The second-order valence-corrected chi connectivity index (χ2v) is 6.57. The highest BCUT2D eigenvalue weighted by molar-refractivity contribution is 8.03. The molecular formula is C17H23NO2S. The summed E-state index contributed by atoms with van der Waals surface area (Å²) in [5, 5.41) is 9.70. The third kappa shape index (κ3) is 4.70. The van der Waals surface area contributed by atoms with E-state index in [9.17, 15) is 9.90 Å². The number of aliphatic hydroxyl groups is 1. The molecular weight excluding hydrogens is 282 g/mol. The second-order valence-electron chi connectivity index (χ2n) is 5.35. The van der Waals surface area contributed by atoms with Crippen molar-refractivity contribution in [1.29, 1.82) is 0 Å². The minimum atomic E-state index is -0.987. The van der Waals surface area contributed by atoms with Crippen molar-refractivity contribution in [3.63, 3.8) is 0 Å². The lowest BCUT2D eigenvalue weighted by atomic mass is 10.1. The normalized spacial score (nSPS) is 20.3. The molecule has 0 spiro atoms. The summed E-state index contributed by atoms with van der Waals surface area (Å²) < 4.78 is 0. The summed E-state index contributed by atoms with van der Waals surface area (Å²) in [6, 6.07) is 10.6. The molecule has 21 heavy (non-hydrogen) atoms. The van der Waals surface area contributed by atoms with Crippen LogP contribution in [0.4, 0.5) is 0 Å². The number of aryl methyl sites for hydroxylation is 1. The van der Waals surface area contributed by atoms with Gasteiger partial charge < -0.3 is 5.11 Å². The molecule has 1 fully saturated rings. The molecule has 0 saturated carbocycles. The molecule has 1 aliphatic rings. The van der Waals surface area contributed by atoms with Crippen LogP contribution in [0.1, 0.15) is 24.8 Å². The minimum absolute atomic E-state index is 0.131. The molecule has 2 rings (SSSR count). The van der Waals surface area contributed by atoms with Gasteiger partial charge in [0.1, 0.15) is 0 Å². The van der Waals surface area contributed by atoms with Crippen molar-refractivity contribution in [2.24, 2.45) is 0 Å². The number of aldehydes is 1. The zero-order valence-electron chi connectivity index (χ0n) is 12.3. The van der Waals surface area contributed by atoms with Crippen molar-refractivity contribution in [3.8, 4) is 0 Å². The Hall–Kier alpha value is -1.10. The van der Waals surface area contributed by atoms with Crippen molar-refractivity contribution in [2.75, 3.05) is 12.3 Å². The van der Waals surface area contributed by atoms with E-state index in [1.807, 2.05) is 11.0 Å². The largest absolute Gasteiger partial charge is 0.371 e. The van der Waals surface area contributed by atoms with Gasteiger partial charge in [0.25, 0.3) is 0 Å². The van der Waals surface area contributed by atoms with Crippen LogP contribution in [-0.4, -0.2) is 40.9 Å². The first-order valence-corrected chi connectivity index (χ1v) is 8.45. The summed E-state index contributed by atoms with van der Waals surface area (Å²) in [7, 11) is 0. The Labute approximate surface area is 131 Å². The molecule has 1 aromatic rings. The van der Waals surface area contributed by atoms with Crippen molar-refractivity contribution < 1.29 is 9.90 Å². The van der Waals surface area contributed by atoms with Crippen molar-refractivity contribution in [3.05, 3.63) is 47.4 Å². The summed E-state index contributed by atoms with van der Waals surface area (Å²) in [6.45, 7) is 4.91. The van der Waals surface area contributed by atoms with E-state index in [-0.39, 0.29) is 6.04 Å². The number of hydrogen-bond donors (Lipinski definition) is 1. The quantitative estimate of drug-likeness (QED) is 0.592. The van der Waals surface area contributed by atoms with E-state index < -0.39 is 6.23 Å². The molecule has 1 aliphatic heterocycles. The monoisotopic (exact) mass is 305 g/mol. The van der Waals surface area contributed by atoms with Crippen LogP contribution < -0.4 is 0 Å². The summed E-state index contributed by atoms with van der Waals surface area (Å²) in [5.41, 5.74) is 1.36. The molecule has 0 amide bonds. The number of thioether (sulfide) groups is 1. The van der Waals surface area contributed by atoms with Gasteiger partial charge in [0.15, 0.2) is 12.5 Å². The predicted octanol–water partition coefficient (Wildman–Crippen LogP) is 2.85. The lowest BCUT2D eigenvalue weighted by Crippen LogP contribution is -2.40. The van der Waals surface area contributed by atoms with Gasteiger partial charge in [0, 0.05) is 12.6 Å². The fourth-order valence-electron chi connectivity index (χ4n) is 2.75. The maximum absolute atomic E-state index is 10.7. The van der Waals surface area contributed by atoms with Crippen LogP contribution in [0.15, 0.2) is 41.8 Å². The number of hydrogen-bond acceptors (Lipinski definition) is 4. The van der Waals surface area contributed by atoms with Crippen LogP contribution in [-0.2, 0) is 11.2 Å². The standard InChI is InChI=1S/C17H23NO2S/c1-14(16-10-5-11-18(16)17(20)13-19)21-12-6-9-15-7-3-2-4-8-15/h2-4,7-8,13,16-17,20H,1,5-6,9-12H2/t16-,17?/m0/s1.